The van der Waals surface area contributed by atoms with Crippen molar-refractivity contribution in [1.82, 2.24) is 0 Å². The van der Waals surface area contributed by atoms with Crippen molar-refractivity contribution in [3.8, 4) is 11.5 Å². The van der Waals surface area contributed by atoms with Crippen molar-refractivity contribution >= 4 is 15.9 Å². The van der Waals surface area contributed by atoms with Crippen molar-refractivity contribution in [3.63, 3.8) is 0 Å². The summed E-state index contributed by atoms with van der Waals surface area (Å²) in [5.41, 5.74) is 1.06. The second kappa shape index (κ2) is 6.24. The van der Waals surface area contributed by atoms with E-state index in [4.69, 9.17) is 9.47 Å². The Bertz CT molecular complexity index is 596. The fourth-order valence-electron chi connectivity index (χ4n) is 1.95. The zero-order chi connectivity index (χ0) is 14.7. The molecular formula is C15H14BrFO3. The molecule has 0 aliphatic rings. The van der Waals surface area contributed by atoms with Crippen LogP contribution in [0.25, 0.3) is 0 Å². The molecule has 1 unspecified atom stereocenters. The van der Waals surface area contributed by atoms with E-state index in [0.29, 0.717) is 27.1 Å². The first-order chi connectivity index (χ1) is 9.55. The molecule has 2 aromatic carbocycles. The number of rotatable bonds is 4. The van der Waals surface area contributed by atoms with Gasteiger partial charge in [-0.05, 0) is 41.5 Å². The standard InChI is InChI=1S/C15H14BrFO3/c1-19-13-4-3-9(7-14(13)20-2)15(18)10-5-11(16)8-12(17)6-10/h3-8,15,18H,1-2H3. The number of aliphatic hydroxyl groups is 1. The van der Waals surface area contributed by atoms with E-state index < -0.39 is 11.9 Å². The van der Waals surface area contributed by atoms with E-state index in [0.717, 1.165) is 0 Å². The molecule has 1 N–H and O–H groups in total. The van der Waals surface area contributed by atoms with E-state index in [1.54, 1.807) is 24.3 Å². The molecule has 1 atom stereocenters. The molecule has 0 aliphatic heterocycles. The van der Waals surface area contributed by atoms with Crippen LogP contribution in [0.2, 0.25) is 0 Å². The molecule has 0 amide bonds. The molecule has 0 spiro atoms. The van der Waals surface area contributed by atoms with Gasteiger partial charge in [-0.2, -0.15) is 0 Å². The van der Waals surface area contributed by atoms with Crippen LogP contribution in [0.5, 0.6) is 11.5 Å². The first kappa shape index (κ1) is 14.8. The first-order valence-corrected chi connectivity index (χ1v) is 6.70. The summed E-state index contributed by atoms with van der Waals surface area (Å²) in [4.78, 5) is 0. The zero-order valence-corrected chi connectivity index (χ0v) is 12.6. The van der Waals surface area contributed by atoms with E-state index in [2.05, 4.69) is 15.9 Å². The molecule has 0 aromatic heterocycles. The van der Waals surface area contributed by atoms with Gasteiger partial charge in [0.2, 0.25) is 0 Å². The number of benzene rings is 2. The minimum atomic E-state index is -0.943. The Labute approximate surface area is 125 Å². The number of hydrogen-bond donors (Lipinski definition) is 1. The Balaban J connectivity index is 2.39. The van der Waals surface area contributed by atoms with Gasteiger partial charge in [-0.3, -0.25) is 0 Å². The summed E-state index contributed by atoms with van der Waals surface area (Å²) in [5.74, 6) is 0.678. The van der Waals surface area contributed by atoms with Gasteiger partial charge >= 0.3 is 0 Å². The average Bonchev–Trinajstić information content (AvgIpc) is 2.44. The molecule has 0 heterocycles. The number of ether oxygens (including phenoxy) is 2. The molecule has 0 saturated carbocycles. The highest BCUT2D eigenvalue weighted by molar-refractivity contribution is 9.10. The molecular weight excluding hydrogens is 327 g/mol. The molecule has 3 nitrogen and oxygen atoms in total. The summed E-state index contributed by atoms with van der Waals surface area (Å²) in [7, 11) is 3.06. The Morgan fingerprint density at radius 2 is 1.70 bits per heavy atom. The zero-order valence-electron chi connectivity index (χ0n) is 11.1. The van der Waals surface area contributed by atoms with Gasteiger partial charge < -0.3 is 14.6 Å². The number of methoxy groups -OCH3 is 2. The second-order valence-corrected chi connectivity index (χ2v) is 5.14. The summed E-state index contributed by atoms with van der Waals surface area (Å²) >= 11 is 3.21. The van der Waals surface area contributed by atoms with Gasteiger partial charge in [0, 0.05) is 4.47 Å². The summed E-state index contributed by atoms with van der Waals surface area (Å²) in [6.45, 7) is 0. The minimum absolute atomic E-state index is 0.408. The van der Waals surface area contributed by atoms with E-state index in [1.165, 1.54) is 26.4 Å². The Kier molecular flexibility index (Phi) is 4.62. The predicted octanol–water partition coefficient (Wildman–Crippen LogP) is 3.69. The Hall–Kier alpha value is -1.59. The van der Waals surface area contributed by atoms with E-state index in [-0.39, 0.29) is 0 Å². The lowest BCUT2D eigenvalue weighted by Crippen LogP contribution is -2.01. The molecule has 0 fully saturated rings. The van der Waals surface area contributed by atoms with Crippen LogP contribution < -0.4 is 9.47 Å². The molecule has 0 bridgehead atoms. The monoisotopic (exact) mass is 340 g/mol. The normalized spacial score (nSPS) is 12.1. The number of halogens is 2. The fraction of sp³-hybridized carbons (Fsp3) is 0.200. The lowest BCUT2D eigenvalue weighted by molar-refractivity contribution is 0.219. The Morgan fingerprint density at radius 1 is 1.00 bits per heavy atom. The maximum atomic E-state index is 13.4. The van der Waals surface area contributed by atoms with Crippen LogP contribution in [0, 0.1) is 5.82 Å². The highest BCUT2D eigenvalue weighted by Crippen LogP contribution is 2.33. The molecule has 5 heteroatoms. The predicted molar refractivity (Wildman–Crippen MR) is 77.7 cm³/mol. The van der Waals surface area contributed by atoms with E-state index in [1.807, 2.05) is 0 Å². The van der Waals surface area contributed by atoms with Crippen LogP contribution in [-0.2, 0) is 0 Å². The molecule has 0 saturated heterocycles. The van der Waals surface area contributed by atoms with Gasteiger partial charge in [0.05, 0.1) is 14.2 Å². The smallest absolute Gasteiger partial charge is 0.161 e. The molecule has 2 aromatic rings. The Morgan fingerprint density at radius 3 is 2.30 bits per heavy atom. The van der Waals surface area contributed by atoms with Crippen LogP contribution in [-0.4, -0.2) is 19.3 Å². The van der Waals surface area contributed by atoms with E-state index in [9.17, 15) is 9.50 Å². The maximum absolute atomic E-state index is 13.4. The summed E-state index contributed by atoms with van der Waals surface area (Å²) in [5, 5.41) is 10.3. The van der Waals surface area contributed by atoms with Crippen molar-refractivity contribution < 1.29 is 19.0 Å². The third kappa shape index (κ3) is 3.11. The van der Waals surface area contributed by atoms with Gasteiger partial charge in [-0.15, -0.1) is 0 Å². The van der Waals surface area contributed by atoms with Crippen molar-refractivity contribution in [2.75, 3.05) is 14.2 Å². The third-order valence-electron chi connectivity index (χ3n) is 2.92. The van der Waals surface area contributed by atoms with Crippen LogP contribution in [0.1, 0.15) is 17.2 Å². The van der Waals surface area contributed by atoms with E-state index >= 15 is 0 Å². The molecule has 0 aliphatic carbocycles. The van der Waals surface area contributed by atoms with Gasteiger partial charge in [0.25, 0.3) is 0 Å². The van der Waals surface area contributed by atoms with Crippen molar-refractivity contribution in [2.45, 2.75) is 6.10 Å². The molecule has 0 radical (unpaired) electrons. The van der Waals surface area contributed by atoms with Crippen LogP contribution in [0.3, 0.4) is 0 Å². The minimum Gasteiger partial charge on any atom is -0.493 e. The van der Waals surface area contributed by atoms with Gasteiger partial charge in [-0.1, -0.05) is 22.0 Å². The molecule has 106 valence electrons. The van der Waals surface area contributed by atoms with Crippen molar-refractivity contribution in [3.05, 3.63) is 57.8 Å². The highest BCUT2D eigenvalue weighted by atomic mass is 79.9. The lowest BCUT2D eigenvalue weighted by atomic mass is 10.0. The van der Waals surface area contributed by atoms with Crippen LogP contribution >= 0.6 is 15.9 Å². The number of aliphatic hydroxyl groups excluding tert-OH is 1. The highest BCUT2D eigenvalue weighted by Gasteiger charge is 2.15. The quantitative estimate of drug-likeness (QED) is 0.922. The average molecular weight is 341 g/mol. The second-order valence-electron chi connectivity index (χ2n) is 4.22. The summed E-state index contributed by atoms with van der Waals surface area (Å²) in [6.07, 6.45) is -0.943. The van der Waals surface area contributed by atoms with Gasteiger partial charge in [-0.25, -0.2) is 4.39 Å². The summed E-state index contributed by atoms with van der Waals surface area (Å²) in [6, 6.07) is 9.39. The summed E-state index contributed by atoms with van der Waals surface area (Å²) < 4.78 is 24.3. The van der Waals surface area contributed by atoms with Crippen LogP contribution in [0.15, 0.2) is 40.9 Å². The third-order valence-corrected chi connectivity index (χ3v) is 3.38. The largest absolute Gasteiger partial charge is 0.493 e. The maximum Gasteiger partial charge on any atom is 0.161 e. The van der Waals surface area contributed by atoms with Crippen molar-refractivity contribution in [2.24, 2.45) is 0 Å². The molecule has 20 heavy (non-hydrogen) atoms. The fourth-order valence-corrected chi connectivity index (χ4v) is 2.43. The van der Waals surface area contributed by atoms with Gasteiger partial charge in [0.1, 0.15) is 11.9 Å². The topological polar surface area (TPSA) is 38.7 Å². The molecule has 2 rings (SSSR count). The first-order valence-electron chi connectivity index (χ1n) is 5.91. The van der Waals surface area contributed by atoms with Crippen molar-refractivity contribution in [1.29, 1.82) is 0 Å². The SMILES string of the molecule is COc1ccc(C(O)c2cc(F)cc(Br)c2)cc1OC. The van der Waals surface area contributed by atoms with Gasteiger partial charge in [0.15, 0.2) is 11.5 Å². The lowest BCUT2D eigenvalue weighted by Gasteiger charge is -2.15. The van der Waals surface area contributed by atoms with Crippen LogP contribution in [0.4, 0.5) is 4.39 Å². The number of hydrogen-bond acceptors (Lipinski definition) is 3.